The molecule has 5 heteroatoms. The van der Waals surface area contributed by atoms with Gasteiger partial charge in [0.1, 0.15) is 5.69 Å². The van der Waals surface area contributed by atoms with Gasteiger partial charge in [-0.1, -0.05) is 11.8 Å². The zero-order chi connectivity index (χ0) is 14.6. The largest absolute Gasteiger partial charge is 0.385 e. The molecule has 20 heavy (non-hydrogen) atoms. The van der Waals surface area contributed by atoms with Crippen molar-refractivity contribution in [3.63, 3.8) is 0 Å². The number of carbonyl (C=O) groups is 1. The van der Waals surface area contributed by atoms with Crippen molar-refractivity contribution in [3.05, 3.63) is 29.6 Å². The summed E-state index contributed by atoms with van der Waals surface area (Å²) < 4.78 is 4.97. The van der Waals surface area contributed by atoms with Crippen LogP contribution in [0.25, 0.3) is 0 Å². The normalized spacial score (nSPS) is 9.70. The summed E-state index contributed by atoms with van der Waals surface area (Å²) in [7, 11) is 1.69. The highest BCUT2D eigenvalue weighted by molar-refractivity contribution is 5.94. The molecule has 1 heterocycles. The van der Waals surface area contributed by atoms with Gasteiger partial charge in [0.05, 0.1) is 12.1 Å². The third-order valence-electron chi connectivity index (χ3n) is 2.66. The molecule has 0 atom stereocenters. The quantitative estimate of drug-likeness (QED) is 0.573. The van der Waals surface area contributed by atoms with E-state index in [-0.39, 0.29) is 12.5 Å². The molecule has 108 valence electrons. The molecule has 0 aliphatic carbocycles. The summed E-state index contributed by atoms with van der Waals surface area (Å²) in [4.78, 5) is 16.1. The zero-order valence-electron chi connectivity index (χ0n) is 11.8. The van der Waals surface area contributed by atoms with Gasteiger partial charge in [-0.25, -0.2) is 4.98 Å². The number of unbranched alkanes of at least 4 members (excludes halogenated alkanes) is 2. The van der Waals surface area contributed by atoms with Crippen molar-refractivity contribution in [1.29, 1.82) is 0 Å². The minimum absolute atomic E-state index is 0.196. The Morgan fingerprint density at radius 3 is 3.05 bits per heavy atom. The first-order chi connectivity index (χ1) is 9.79. The Morgan fingerprint density at radius 1 is 1.45 bits per heavy atom. The first-order valence-electron chi connectivity index (χ1n) is 6.70. The second-order valence-corrected chi connectivity index (χ2v) is 4.21. The van der Waals surface area contributed by atoms with E-state index in [0.717, 1.165) is 25.9 Å². The van der Waals surface area contributed by atoms with Crippen LogP contribution in [0.1, 0.15) is 35.3 Å². The molecular weight excluding hydrogens is 254 g/mol. The molecule has 0 spiro atoms. The first-order valence-corrected chi connectivity index (χ1v) is 6.70. The molecule has 0 aromatic carbocycles. The molecular formula is C15H21N3O2. The van der Waals surface area contributed by atoms with Gasteiger partial charge in [0, 0.05) is 26.5 Å². The minimum atomic E-state index is -0.196. The van der Waals surface area contributed by atoms with E-state index < -0.39 is 0 Å². The van der Waals surface area contributed by atoms with Crippen molar-refractivity contribution in [2.24, 2.45) is 5.73 Å². The van der Waals surface area contributed by atoms with E-state index in [4.69, 9.17) is 10.5 Å². The average molecular weight is 275 g/mol. The van der Waals surface area contributed by atoms with Crippen molar-refractivity contribution in [3.8, 4) is 11.8 Å². The van der Waals surface area contributed by atoms with Crippen LogP contribution in [-0.2, 0) is 4.74 Å². The molecule has 5 nitrogen and oxygen atoms in total. The Kier molecular flexibility index (Phi) is 8.04. The van der Waals surface area contributed by atoms with Crippen molar-refractivity contribution in [2.45, 2.75) is 19.3 Å². The SMILES string of the molecule is COCCCCCNC(=O)c1ncccc1C#CCN. The van der Waals surface area contributed by atoms with E-state index in [1.165, 1.54) is 0 Å². The predicted molar refractivity (Wildman–Crippen MR) is 78.2 cm³/mol. The van der Waals surface area contributed by atoms with Crippen LogP contribution in [-0.4, -0.2) is 37.7 Å². The number of hydrogen-bond donors (Lipinski definition) is 2. The summed E-state index contributed by atoms with van der Waals surface area (Å²) in [6.45, 7) is 1.64. The van der Waals surface area contributed by atoms with E-state index in [1.54, 1.807) is 25.4 Å². The second-order valence-electron chi connectivity index (χ2n) is 4.21. The number of nitrogens with one attached hydrogen (secondary N) is 1. The monoisotopic (exact) mass is 275 g/mol. The van der Waals surface area contributed by atoms with Crippen LogP contribution in [0.3, 0.4) is 0 Å². The minimum Gasteiger partial charge on any atom is -0.385 e. The third kappa shape index (κ3) is 5.83. The number of amides is 1. The van der Waals surface area contributed by atoms with Crippen molar-refractivity contribution < 1.29 is 9.53 Å². The lowest BCUT2D eigenvalue weighted by Gasteiger charge is -2.06. The molecule has 0 fully saturated rings. The van der Waals surface area contributed by atoms with Crippen LogP contribution >= 0.6 is 0 Å². The van der Waals surface area contributed by atoms with Crippen LogP contribution in [0.5, 0.6) is 0 Å². The Balaban J connectivity index is 2.47. The van der Waals surface area contributed by atoms with Crippen LogP contribution < -0.4 is 11.1 Å². The van der Waals surface area contributed by atoms with Gasteiger partial charge in [0.15, 0.2) is 0 Å². The highest BCUT2D eigenvalue weighted by atomic mass is 16.5. The fraction of sp³-hybridized carbons (Fsp3) is 0.467. The van der Waals surface area contributed by atoms with E-state index in [0.29, 0.717) is 17.8 Å². The fourth-order valence-corrected chi connectivity index (χ4v) is 1.67. The lowest BCUT2D eigenvalue weighted by atomic mass is 10.2. The number of aromatic nitrogens is 1. The van der Waals surface area contributed by atoms with Gasteiger partial charge in [-0.3, -0.25) is 4.79 Å². The van der Waals surface area contributed by atoms with Gasteiger partial charge in [-0.05, 0) is 31.4 Å². The van der Waals surface area contributed by atoms with Crippen molar-refractivity contribution in [2.75, 3.05) is 26.8 Å². The summed E-state index contributed by atoms with van der Waals surface area (Å²) in [5.41, 5.74) is 6.29. The van der Waals surface area contributed by atoms with Crippen molar-refractivity contribution in [1.82, 2.24) is 10.3 Å². The molecule has 0 aliphatic rings. The van der Waals surface area contributed by atoms with E-state index in [1.807, 2.05) is 0 Å². The number of ether oxygens (including phenoxy) is 1. The molecule has 0 unspecified atom stereocenters. The molecule has 0 saturated carbocycles. The zero-order valence-corrected chi connectivity index (χ0v) is 11.8. The molecule has 1 rings (SSSR count). The number of rotatable bonds is 7. The van der Waals surface area contributed by atoms with Crippen LogP contribution in [0, 0.1) is 11.8 Å². The van der Waals surface area contributed by atoms with Gasteiger partial charge in [-0.15, -0.1) is 0 Å². The molecule has 0 radical (unpaired) electrons. The van der Waals surface area contributed by atoms with Crippen LogP contribution in [0.2, 0.25) is 0 Å². The van der Waals surface area contributed by atoms with Gasteiger partial charge in [-0.2, -0.15) is 0 Å². The number of nitrogens with two attached hydrogens (primary N) is 1. The molecule has 1 amide bonds. The standard InChI is InChI=1S/C15H21N3O2/c1-20-12-4-2-3-10-18-15(19)14-13(7-5-9-16)8-6-11-17-14/h6,8,11H,2-4,9-10,12,16H2,1H3,(H,18,19). The number of carbonyl (C=O) groups excluding carboxylic acids is 1. The lowest BCUT2D eigenvalue weighted by molar-refractivity contribution is 0.0947. The lowest BCUT2D eigenvalue weighted by Crippen LogP contribution is -2.26. The average Bonchev–Trinajstić information content (AvgIpc) is 2.48. The smallest absolute Gasteiger partial charge is 0.271 e. The Morgan fingerprint density at radius 2 is 2.30 bits per heavy atom. The van der Waals surface area contributed by atoms with Gasteiger partial charge in [0.2, 0.25) is 0 Å². The number of pyridine rings is 1. The molecule has 0 aliphatic heterocycles. The van der Waals surface area contributed by atoms with Gasteiger partial charge in [0.25, 0.3) is 5.91 Å². The topological polar surface area (TPSA) is 77.2 Å². The van der Waals surface area contributed by atoms with Crippen molar-refractivity contribution >= 4 is 5.91 Å². The van der Waals surface area contributed by atoms with Crippen LogP contribution in [0.15, 0.2) is 18.3 Å². The van der Waals surface area contributed by atoms with E-state index >= 15 is 0 Å². The fourth-order valence-electron chi connectivity index (χ4n) is 1.67. The Bertz CT molecular complexity index is 477. The Hall–Kier alpha value is -1.90. The summed E-state index contributed by atoms with van der Waals surface area (Å²) in [6.07, 6.45) is 4.53. The summed E-state index contributed by atoms with van der Waals surface area (Å²) in [5, 5.41) is 2.85. The second kappa shape index (κ2) is 9.96. The van der Waals surface area contributed by atoms with Gasteiger partial charge < -0.3 is 15.8 Å². The summed E-state index contributed by atoms with van der Waals surface area (Å²) >= 11 is 0. The Labute approximate surface area is 119 Å². The van der Waals surface area contributed by atoms with Gasteiger partial charge >= 0.3 is 0 Å². The maximum absolute atomic E-state index is 12.0. The van der Waals surface area contributed by atoms with Crippen LogP contribution in [0.4, 0.5) is 0 Å². The highest BCUT2D eigenvalue weighted by Gasteiger charge is 2.10. The number of methoxy groups -OCH3 is 1. The molecule has 0 bridgehead atoms. The summed E-state index contributed by atoms with van der Waals surface area (Å²) in [6, 6.07) is 3.52. The number of nitrogens with zero attached hydrogens (tertiary/aromatic N) is 1. The highest BCUT2D eigenvalue weighted by Crippen LogP contribution is 2.03. The van der Waals surface area contributed by atoms with E-state index in [9.17, 15) is 4.79 Å². The summed E-state index contributed by atoms with van der Waals surface area (Å²) in [5.74, 6) is 5.40. The molecule has 1 aromatic heterocycles. The molecule has 1 aromatic rings. The number of hydrogen-bond acceptors (Lipinski definition) is 4. The van der Waals surface area contributed by atoms with E-state index in [2.05, 4.69) is 22.1 Å². The first kappa shape index (κ1) is 16.2. The maximum Gasteiger partial charge on any atom is 0.271 e. The maximum atomic E-state index is 12.0. The predicted octanol–water partition coefficient (Wildman–Crippen LogP) is 0.938. The molecule has 0 saturated heterocycles. The third-order valence-corrected chi connectivity index (χ3v) is 2.66. The molecule has 3 N–H and O–H groups in total.